The molecule has 0 unspecified atom stereocenters. The Morgan fingerprint density at radius 1 is 1.38 bits per heavy atom. The Morgan fingerprint density at radius 3 is 2.85 bits per heavy atom. The van der Waals surface area contributed by atoms with Crippen molar-refractivity contribution in [1.29, 1.82) is 0 Å². The third-order valence-electron chi connectivity index (χ3n) is 1.56. The quantitative estimate of drug-likeness (QED) is 0.469. The number of terminal acetylenes is 1. The summed E-state index contributed by atoms with van der Waals surface area (Å²) in [5, 5.41) is 0. The number of benzene rings is 1. The minimum absolute atomic E-state index is 0.699. The molecule has 0 bridgehead atoms. The molecule has 0 radical (unpaired) electrons. The number of para-hydroxylation sites is 1. The van der Waals surface area contributed by atoms with Gasteiger partial charge >= 0.3 is 0 Å². The zero-order valence-electron chi connectivity index (χ0n) is 7.29. The summed E-state index contributed by atoms with van der Waals surface area (Å²) >= 11 is 2.26. The third kappa shape index (κ3) is 3.69. The van der Waals surface area contributed by atoms with Gasteiger partial charge in [0.15, 0.2) is 0 Å². The van der Waals surface area contributed by atoms with Crippen molar-refractivity contribution in [3.63, 3.8) is 0 Å². The van der Waals surface area contributed by atoms with E-state index in [2.05, 4.69) is 28.5 Å². The summed E-state index contributed by atoms with van der Waals surface area (Å²) in [4.78, 5) is 0. The van der Waals surface area contributed by atoms with Crippen LogP contribution in [-0.4, -0.2) is 6.61 Å². The third-order valence-corrected chi connectivity index (χ3v) is 2.45. The van der Waals surface area contributed by atoms with Crippen LogP contribution in [0.2, 0.25) is 0 Å². The molecule has 0 saturated carbocycles. The highest BCUT2D eigenvalue weighted by Crippen LogP contribution is 2.19. The van der Waals surface area contributed by atoms with E-state index in [1.54, 1.807) is 0 Å². The lowest BCUT2D eigenvalue weighted by molar-refractivity contribution is 0.311. The van der Waals surface area contributed by atoms with E-state index in [0.717, 1.165) is 22.2 Å². The first kappa shape index (κ1) is 10.4. The van der Waals surface area contributed by atoms with Gasteiger partial charge in [-0.25, -0.2) is 0 Å². The Labute approximate surface area is 92.6 Å². The van der Waals surface area contributed by atoms with Crippen molar-refractivity contribution in [2.75, 3.05) is 6.61 Å². The van der Waals surface area contributed by atoms with Gasteiger partial charge in [0, 0.05) is 6.42 Å². The monoisotopic (exact) mass is 286 g/mol. The second-order valence-electron chi connectivity index (χ2n) is 2.59. The van der Waals surface area contributed by atoms with E-state index in [1.165, 1.54) is 0 Å². The number of ether oxygens (including phenoxy) is 1. The zero-order chi connectivity index (χ0) is 9.52. The molecule has 1 rings (SSSR count). The second kappa shape index (κ2) is 5.87. The molecule has 68 valence electrons. The van der Waals surface area contributed by atoms with Gasteiger partial charge in [-0.2, -0.15) is 0 Å². The first-order valence-electron chi connectivity index (χ1n) is 4.15. The molecule has 1 aromatic carbocycles. The molecule has 2 heteroatoms. The Kier molecular flexibility index (Phi) is 4.69. The van der Waals surface area contributed by atoms with Crippen LogP contribution in [0.3, 0.4) is 0 Å². The summed E-state index contributed by atoms with van der Waals surface area (Å²) in [6.45, 7) is 0.699. The topological polar surface area (TPSA) is 9.23 Å². The van der Waals surface area contributed by atoms with E-state index in [-0.39, 0.29) is 0 Å². The fourth-order valence-corrected chi connectivity index (χ4v) is 1.46. The summed E-state index contributed by atoms with van der Waals surface area (Å²) in [5.74, 6) is 3.53. The average Bonchev–Trinajstić information content (AvgIpc) is 2.15. The van der Waals surface area contributed by atoms with E-state index >= 15 is 0 Å². The summed E-state index contributed by atoms with van der Waals surface area (Å²) in [7, 11) is 0. The Hall–Kier alpha value is -0.690. The smallest absolute Gasteiger partial charge is 0.132 e. The molecule has 0 heterocycles. The van der Waals surface area contributed by atoms with Gasteiger partial charge < -0.3 is 4.74 Å². The molecule has 0 spiro atoms. The molecule has 0 N–H and O–H groups in total. The minimum atomic E-state index is 0.699. The molecular formula is C11H11IO. The van der Waals surface area contributed by atoms with Crippen LogP contribution >= 0.6 is 22.6 Å². The lowest BCUT2D eigenvalue weighted by Gasteiger charge is -2.06. The molecule has 0 saturated heterocycles. The van der Waals surface area contributed by atoms with Gasteiger partial charge in [0.2, 0.25) is 0 Å². The molecule has 0 aromatic heterocycles. The summed E-state index contributed by atoms with van der Waals surface area (Å²) in [6.07, 6.45) is 6.83. The molecule has 13 heavy (non-hydrogen) atoms. The number of halogens is 1. The molecule has 0 aliphatic carbocycles. The SMILES string of the molecule is C#CCCCOc1ccccc1I. The molecule has 0 aliphatic heterocycles. The van der Waals surface area contributed by atoms with E-state index < -0.39 is 0 Å². The van der Waals surface area contributed by atoms with Gasteiger partial charge in [-0.15, -0.1) is 12.3 Å². The molecule has 0 fully saturated rings. The highest BCUT2D eigenvalue weighted by atomic mass is 127. The molecular weight excluding hydrogens is 275 g/mol. The molecule has 1 aromatic rings. The average molecular weight is 286 g/mol. The number of unbranched alkanes of at least 4 members (excludes halogenated alkanes) is 1. The van der Waals surface area contributed by atoms with E-state index in [0.29, 0.717) is 6.61 Å². The molecule has 0 aliphatic rings. The van der Waals surface area contributed by atoms with Gasteiger partial charge in [0.1, 0.15) is 5.75 Å². The van der Waals surface area contributed by atoms with Crippen molar-refractivity contribution in [2.24, 2.45) is 0 Å². The predicted molar refractivity (Wildman–Crippen MR) is 62.7 cm³/mol. The Bertz CT molecular complexity index is 301. The van der Waals surface area contributed by atoms with E-state index in [1.807, 2.05) is 24.3 Å². The van der Waals surface area contributed by atoms with Gasteiger partial charge in [-0.05, 0) is 41.1 Å². The number of rotatable bonds is 4. The van der Waals surface area contributed by atoms with Crippen LogP contribution in [0.1, 0.15) is 12.8 Å². The van der Waals surface area contributed by atoms with Crippen LogP contribution in [0.4, 0.5) is 0 Å². The maximum absolute atomic E-state index is 5.54. The van der Waals surface area contributed by atoms with Crippen molar-refractivity contribution in [3.05, 3.63) is 27.8 Å². The molecule has 1 nitrogen and oxygen atoms in total. The first-order valence-corrected chi connectivity index (χ1v) is 5.23. The van der Waals surface area contributed by atoms with Crippen LogP contribution in [0, 0.1) is 15.9 Å². The lowest BCUT2D eigenvalue weighted by atomic mass is 10.3. The van der Waals surface area contributed by atoms with Crippen LogP contribution in [0.15, 0.2) is 24.3 Å². The van der Waals surface area contributed by atoms with Crippen molar-refractivity contribution in [3.8, 4) is 18.1 Å². The van der Waals surface area contributed by atoms with Crippen molar-refractivity contribution in [2.45, 2.75) is 12.8 Å². The summed E-state index contributed by atoms with van der Waals surface area (Å²) < 4.78 is 6.68. The first-order chi connectivity index (χ1) is 6.34. The molecule has 0 atom stereocenters. The maximum atomic E-state index is 5.54. The predicted octanol–water partition coefficient (Wildman–Crippen LogP) is 3.08. The summed E-state index contributed by atoms with van der Waals surface area (Å²) in [5.41, 5.74) is 0. The normalized spacial score (nSPS) is 9.23. The fourth-order valence-electron chi connectivity index (χ4n) is 0.918. The van der Waals surface area contributed by atoms with Gasteiger partial charge in [0.05, 0.1) is 10.2 Å². The van der Waals surface area contributed by atoms with Crippen LogP contribution < -0.4 is 4.74 Å². The van der Waals surface area contributed by atoms with E-state index in [9.17, 15) is 0 Å². The largest absolute Gasteiger partial charge is 0.492 e. The molecule has 0 amide bonds. The number of hydrogen-bond acceptors (Lipinski definition) is 1. The van der Waals surface area contributed by atoms with Gasteiger partial charge in [0.25, 0.3) is 0 Å². The van der Waals surface area contributed by atoms with Crippen LogP contribution in [-0.2, 0) is 0 Å². The highest BCUT2D eigenvalue weighted by molar-refractivity contribution is 14.1. The number of hydrogen-bond donors (Lipinski definition) is 0. The fraction of sp³-hybridized carbons (Fsp3) is 0.273. The minimum Gasteiger partial charge on any atom is -0.492 e. The van der Waals surface area contributed by atoms with Gasteiger partial charge in [-0.3, -0.25) is 0 Å². The van der Waals surface area contributed by atoms with Gasteiger partial charge in [-0.1, -0.05) is 12.1 Å². The Balaban J connectivity index is 2.37. The van der Waals surface area contributed by atoms with E-state index in [4.69, 9.17) is 11.2 Å². The Morgan fingerprint density at radius 2 is 2.15 bits per heavy atom. The lowest BCUT2D eigenvalue weighted by Crippen LogP contribution is -1.97. The maximum Gasteiger partial charge on any atom is 0.132 e. The van der Waals surface area contributed by atoms with Crippen LogP contribution in [0.25, 0.3) is 0 Å². The van der Waals surface area contributed by atoms with Crippen LogP contribution in [0.5, 0.6) is 5.75 Å². The zero-order valence-corrected chi connectivity index (χ0v) is 9.45. The van der Waals surface area contributed by atoms with Crippen molar-refractivity contribution >= 4 is 22.6 Å². The standard InChI is InChI=1S/C11H11IO/c1-2-3-6-9-13-11-8-5-4-7-10(11)12/h1,4-5,7-8H,3,6,9H2. The van der Waals surface area contributed by atoms with Crippen molar-refractivity contribution in [1.82, 2.24) is 0 Å². The second-order valence-corrected chi connectivity index (χ2v) is 3.75. The highest BCUT2D eigenvalue weighted by Gasteiger charge is 1.97. The van der Waals surface area contributed by atoms with Crippen molar-refractivity contribution < 1.29 is 4.74 Å². The summed E-state index contributed by atoms with van der Waals surface area (Å²) in [6, 6.07) is 7.96.